The minimum atomic E-state index is 0.0706. The lowest BCUT2D eigenvalue weighted by Gasteiger charge is -2.25. The fourth-order valence-electron chi connectivity index (χ4n) is 0.885. The maximum absolute atomic E-state index is 10.5. The average molecular weight is 143 g/mol. The van der Waals surface area contributed by atoms with Crippen LogP contribution in [0.2, 0.25) is 0 Å². The Kier molecular flexibility index (Phi) is 3.58. The monoisotopic (exact) mass is 143 g/mol. The van der Waals surface area contributed by atoms with Gasteiger partial charge in [-0.2, -0.15) is 0 Å². The first-order valence-electron chi connectivity index (χ1n) is 3.67. The van der Waals surface area contributed by atoms with E-state index in [1.165, 1.54) is 0 Å². The predicted octanol–water partition coefficient (Wildman–Crippen LogP) is 1.20. The molecule has 0 spiro atoms. The number of carbonyl (C=O) groups is 1. The summed E-state index contributed by atoms with van der Waals surface area (Å²) >= 11 is 0. The number of nitrogens with two attached hydrogens (primary N) is 1. The highest BCUT2D eigenvalue weighted by atomic mass is 16.1. The molecule has 0 rings (SSSR count). The molecular weight excluding hydrogens is 126 g/mol. The van der Waals surface area contributed by atoms with Crippen LogP contribution >= 0.6 is 0 Å². The Hall–Kier alpha value is -0.370. The molecule has 0 aromatic rings. The molecule has 0 aliphatic heterocycles. The van der Waals surface area contributed by atoms with Crippen molar-refractivity contribution in [3.8, 4) is 0 Å². The lowest BCUT2D eigenvalue weighted by molar-refractivity contribution is -0.114. The predicted molar refractivity (Wildman–Crippen MR) is 42.7 cm³/mol. The third kappa shape index (κ3) is 2.97. The first-order chi connectivity index (χ1) is 4.52. The molecule has 1 atom stereocenters. The number of carbonyl (C=O) groups excluding carboxylic acids is 1. The quantitative estimate of drug-likeness (QED) is 0.603. The van der Waals surface area contributed by atoms with Gasteiger partial charge in [0.25, 0.3) is 0 Å². The Morgan fingerprint density at radius 1 is 1.50 bits per heavy atom. The van der Waals surface area contributed by atoms with Gasteiger partial charge < -0.3 is 10.5 Å². The SMILES string of the molecule is CC(C)(C)C(C=O)CCN. The molecule has 60 valence electrons. The van der Waals surface area contributed by atoms with Crippen LogP contribution in [0.1, 0.15) is 27.2 Å². The average Bonchev–Trinajstić information content (AvgIpc) is 1.80. The van der Waals surface area contributed by atoms with Crippen molar-refractivity contribution >= 4 is 6.29 Å². The van der Waals surface area contributed by atoms with Gasteiger partial charge in [-0.05, 0) is 18.4 Å². The van der Waals surface area contributed by atoms with Crippen LogP contribution in [0.4, 0.5) is 0 Å². The van der Waals surface area contributed by atoms with Crippen molar-refractivity contribution in [3.05, 3.63) is 0 Å². The molecular formula is C8H17NO. The van der Waals surface area contributed by atoms with Crippen molar-refractivity contribution in [1.82, 2.24) is 0 Å². The van der Waals surface area contributed by atoms with Crippen molar-refractivity contribution in [2.75, 3.05) is 6.54 Å². The van der Waals surface area contributed by atoms with Gasteiger partial charge in [-0.25, -0.2) is 0 Å². The van der Waals surface area contributed by atoms with Crippen LogP contribution < -0.4 is 5.73 Å². The fourth-order valence-corrected chi connectivity index (χ4v) is 0.885. The van der Waals surface area contributed by atoms with Crippen LogP contribution in [0.5, 0.6) is 0 Å². The summed E-state index contributed by atoms with van der Waals surface area (Å²) in [6.07, 6.45) is 1.81. The third-order valence-corrected chi connectivity index (χ3v) is 1.75. The van der Waals surface area contributed by atoms with Crippen LogP contribution in [0, 0.1) is 11.3 Å². The lowest BCUT2D eigenvalue weighted by Crippen LogP contribution is -2.24. The molecule has 1 unspecified atom stereocenters. The molecule has 0 radical (unpaired) electrons. The van der Waals surface area contributed by atoms with Crippen LogP contribution in [0.25, 0.3) is 0 Å². The molecule has 0 aliphatic rings. The highest BCUT2D eigenvalue weighted by Crippen LogP contribution is 2.25. The summed E-state index contributed by atoms with van der Waals surface area (Å²) in [7, 11) is 0. The normalized spacial score (nSPS) is 14.8. The van der Waals surface area contributed by atoms with Crippen molar-refractivity contribution in [2.45, 2.75) is 27.2 Å². The lowest BCUT2D eigenvalue weighted by atomic mass is 9.80. The third-order valence-electron chi connectivity index (χ3n) is 1.75. The Bertz CT molecular complexity index is 104. The Morgan fingerprint density at radius 2 is 2.00 bits per heavy atom. The summed E-state index contributed by atoms with van der Waals surface area (Å²) in [5.41, 5.74) is 5.41. The van der Waals surface area contributed by atoms with E-state index in [9.17, 15) is 4.79 Å². The summed E-state index contributed by atoms with van der Waals surface area (Å²) in [5.74, 6) is 0.109. The molecule has 0 amide bonds. The Balaban J connectivity index is 3.93. The van der Waals surface area contributed by atoms with Crippen molar-refractivity contribution in [1.29, 1.82) is 0 Å². The molecule has 0 bridgehead atoms. The van der Waals surface area contributed by atoms with Gasteiger partial charge in [-0.3, -0.25) is 0 Å². The highest BCUT2D eigenvalue weighted by molar-refractivity contribution is 5.54. The molecule has 10 heavy (non-hydrogen) atoms. The summed E-state index contributed by atoms with van der Waals surface area (Å²) < 4.78 is 0. The van der Waals surface area contributed by atoms with E-state index in [0.717, 1.165) is 12.7 Å². The van der Waals surface area contributed by atoms with E-state index < -0.39 is 0 Å². The van der Waals surface area contributed by atoms with E-state index in [-0.39, 0.29) is 11.3 Å². The standard InChI is InChI=1S/C8H17NO/c1-8(2,3)7(6-10)4-5-9/h6-7H,4-5,9H2,1-3H3. The first kappa shape index (κ1) is 9.63. The van der Waals surface area contributed by atoms with E-state index in [0.29, 0.717) is 6.54 Å². The second-order valence-electron chi connectivity index (χ2n) is 3.69. The largest absolute Gasteiger partial charge is 0.330 e. The van der Waals surface area contributed by atoms with Crippen LogP contribution in [0.3, 0.4) is 0 Å². The number of rotatable bonds is 3. The molecule has 2 nitrogen and oxygen atoms in total. The molecule has 0 heterocycles. The molecule has 0 aromatic carbocycles. The van der Waals surface area contributed by atoms with E-state index in [1.807, 2.05) is 0 Å². The van der Waals surface area contributed by atoms with Crippen molar-refractivity contribution in [3.63, 3.8) is 0 Å². The van der Waals surface area contributed by atoms with Gasteiger partial charge in [0.1, 0.15) is 6.29 Å². The van der Waals surface area contributed by atoms with Crippen molar-refractivity contribution < 1.29 is 4.79 Å². The van der Waals surface area contributed by atoms with E-state index in [1.54, 1.807) is 0 Å². The molecule has 0 aliphatic carbocycles. The Labute approximate surface area is 62.8 Å². The zero-order chi connectivity index (χ0) is 8.20. The van der Waals surface area contributed by atoms with Gasteiger partial charge >= 0.3 is 0 Å². The minimum absolute atomic E-state index is 0.0706. The molecule has 2 heteroatoms. The molecule has 0 saturated carbocycles. The topological polar surface area (TPSA) is 43.1 Å². The van der Waals surface area contributed by atoms with Gasteiger partial charge in [0.2, 0.25) is 0 Å². The van der Waals surface area contributed by atoms with Gasteiger partial charge in [0, 0.05) is 5.92 Å². The number of hydrogen-bond donors (Lipinski definition) is 1. The number of aldehydes is 1. The second kappa shape index (κ2) is 3.71. The molecule has 2 N–H and O–H groups in total. The maximum atomic E-state index is 10.5. The summed E-state index contributed by atoms with van der Waals surface area (Å²) in [6.45, 7) is 6.77. The first-order valence-corrected chi connectivity index (χ1v) is 3.67. The molecule has 0 saturated heterocycles. The van der Waals surface area contributed by atoms with Gasteiger partial charge in [-0.15, -0.1) is 0 Å². The zero-order valence-electron chi connectivity index (χ0n) is 7.05. The van der Waals surface area contributed by atoms with Crippen LogP contribution in [-0.2, 0) is 4.79 Å². The van der Waals surface area contributed by atoms with Crippen LogP contribution in [0.15, 0.2) is 0 Å². The summed E-state index contributed by atoms with van der Waals surface area (Å²) in [4.78, 5) is 10.5. The molecule has 0 aromatic heterocycles. The Morgan fingerprint density at radius 3 is 2.10 bits per heavy atom. The molecule has 0 fully saturated rings. The second-order valence-corrected chi connectivity index (χ2v) is 3.69. The van der Waals surface area contributed by atoms with Gasteiger partial charge in [0.15, 0.2) is 0 Å². The van der Waals surface area contributed by atoms with Gasteiger partial charge in [0.05, 0.1) is 0 Å². The van der Waals surface area contributed by atoms with E-state index in [4.69, 9.17) is 5.73 Å². The van der Waals surface area contributed by atoms with E-state index >= 15 is 0 Å². The smallest absolute Gasteiger partial charge is 0.123 e. The highest BCUT2D eigenvalue weighted by Gasteiger charge is 2.22. The van der Waals surface area contributed by atoms with Crippen LogP contribution in [-0.4, -0.2) is 12.8 Å². The minimum Gasteiger partial charge on any atom is -0.330 e. The maximum Gasteiger partial charge on any atom is 0.123 e. The van der Waals surface area contributed by atoms with Crippen molar-refractivity contribution in [2.24, 2.45) is 17.1 Å². The van der Waals surface area contributed by atoms with Gasteiger partial charge in [-0.1, -0.05) is 20.8 Å². The van der Waals surface area contributed by atoms with E-state index in [2.05, 4.69) is 20.8 Å². The summed E-state index contributed by atoms with van der Waals surface area (Å²) in [6, 6.07) is 0. The zero-order valence-corrected chi connectivity index (χ0v) is 7.05. The summed E-state index contributed by atoms with van der Waals surface area (Å²) in [5, 5.41) is 0. The fraction of sp³-hybridized carbons (Fsp3) is 0.875. The number of hydrogen-bond acceptors (Lipinski definition) is 2.